The average molecular weight is 336 g/mol. The van der Waals surface area contributed by atoms with E-state index < -0.39 is 5.82 Å². The van der Waals surface area contributed by atoms with Gasteiger partial charge in [0.05, 0.1) is 6.20 Å². The summed E-state index contributed by atoms with van der Waals surface area (Å²) in [6.07, 6.45) is 3.62. The molecule has 0 amide bonds. The Balaban J connectivity index is 1.94. The molecule has 4 nitrogen and oxygen atoms in total. The van der Waals surface area contributed by atoms with Gasteiger partial charge < -0.3 is 9.47 Å². The third-order valence-electron chi connectivity index (χ3n) is 4.50. The predicted molar refractivity (Wildman–Crippen MR) is 90.4 cm³/mol. The molecule has 6 heteroatoms. The average Bonchev–Trinajstić information content (AvgIpc) is 2.84. The lowest BCUT2D eigenvalue weighted by atomic mass is 10.0. The second-order valence-corrected chi connectivity index (χ2v) is 6.00. The van der Waals surface area contributed by atoms with E-state index in [2.05, 4.69) is 11.1 Å². The number of hydrogen-bond acceptors (Lipinski definition) is 3. The minimum atomic E-state index is -0.437. The molecule has 3 aromatic rings. The van der Waals surface area contributed by atoms with Crippen LogP contribution < -0.4 is 4.90 Å². The van der Waals surface area contributed by atoms with E-state index >= 15 is 0 Å². The van der Waals surface area contributed by atoms with Crippen LogP contribution in [0.25, 0.3) is 11.1 Å². The first kappa shape index (κ1) is 15.3. The minimum Gasteiger partial charge on any atom is -0.342 e. The summed E-state index contributed by atoms with van der Waals surface area (Å²) < 4.78 is 28.9. The van der Waals surface area contributed by atoms with Crippen molar-refractivity contribution in [3.05, 3.63) is 65.6 Å². The summed E-state index contributed by atoms with van der Waals surface area (Å²) in [7, 11) is 1.80. The van der Waals surface area contributed by atoms with Gasteiger partial charge in [0.2, 0.25) is 0 Å². The van der Waals surface area contributed by atoms with E-state index in [0.717, 1.165) is 16.8 Å². The predicted octanol–water partition coefficient (Wildman–Crippen LogP) is 3.93. The van der Waals surface area contributed by atoms with Crippen molar-refractivity contribution in [2.24, 2.45) is 7.05 Å². The Labute approximate surface area is 143 Å². The number of nitrogens with zero attached hydrogens (tertiary/aromatic N) is 4. The zero-order valence-corrected chi connectivity index (χ0v) is 13.5. The maximum absolute atomic E-state index is 13.9. The molecule has 0 bridgehead atoms. The van der Waals surface area contributed by atoms with Gasteiger partial charge in [-0.1, -0.05) is 0 Å². The van der Waals surface area contributed by atoms with Crippen molar-refractivity contribution in [1.29, 1.82) is 5.26 Å². The molecule has 0 unspecified atom stereocenters. The Morgan fingerprint density at radius 2 is 1.88 bits per heavy atom. The molecule has 1 aromatic carbocycles. The lowest BCUT2D eigenvalue weighted by Gasteiger charge is -2.24. The second kappa shape index (κ2) is 5.71. The highest BCUT2D eigenvalue weighted by Gasteiger charge is 2.26. The van der Waals surface area contributed by atoms with Crippen molar-refractivity contribution in [2.45, 2.75) is 6.42 Å². The van der Waals surface area contributed by atoms with Gasteiger partial charge in [0, 0.05) is 36.6 Å². The number of hydrogen-bond donors (Lipinski definition) is 0. The fourth-order valence-corrected chi connectivity index (χ4v) is 3.36. The quantitative estimate of drug-likeness (QED) is 0.676. The highest BCUT2D eigenvalue weighted by molar-refractivity contribution is 5.83. The first-order valence-corrected chi connectivity index (χ1v) is 7.86. The van der Waals surface area contributed by atoms with Gasteiger partial charge in [0.1, 0.15) is 29.2 Å². The van der Waals surface area contributed by atoms with Gasteiger partial charge in [0.15, 0.2) is 0 Å². The van der Waals surface area contributed by atoms with E-state index in [0.29, 0.717) is 30.0 Å². The summed E-state index contributed by atoms with van der Waals surface area (Å²) in [5.74, 6) is -0.156. The molecular formula is C19H14F2N4. The van der Waals surface area contributed by atoms with Crippen molar-refractivity contribution >= 4 is 11.5 Å². The van der Waals surface area contributed by atoms with Gasteiger partial charge >= 0.3 is 0 Å². The van der Waals surface area contributed by atoms with Crippen molar-refractivity contribution in [3.63, 3.8) is 0 Å². The molecule has 0 fully saturated rings. The van der Waals surface area contributed by atoms with E-state index in [1.807, 2.05) is 11.1 Å². The fraction of sp³-hybridized carbons (Fsp3) is 0.158. The van der Waals surface area contributed by atoms with Crippen molar-refractivity contribution in [3.8, 4) is 17.2 Å². The number of pyridine rings is 1. The van der Waals surface area contributed by atoms with Gasteiger partial charge in [0.25, 0.3) is 0 Å². The summed E-state index contributed by atoms with van der Waals surface area (Å²) in [6, 6.07) is 9.77. The Morgan fingerprint density at radius 1 is 1.12 bits per heavy atom. The second-order valence-electron chi connectivity index (χ2n) is 6.00. The third kappa shape index (κ3) is 2.45. The highest BCUT2D eigenvalue weighted by atomic mass is 19.1. The van der Waals surface area contributed by atoms with Crippen LogP contribution in [0.15, 0.2) is 42.7 Å². The van der Waals surface area contributed by atoms with Gasteiger partial charge in [-0.05, 0) is 42.3 Å². The smallest absolute Gasteiger partial charge is 0.142 e. The summed E-state index contributed by atoms with van der Waals surface area (Å²) in [5, 5.41) is 9.46. The number of benzene rings is 1. The number of aromatic nitrogens is 2. The summed E-state index contributed by atoms with van der Waals surface area (Å²) in [4.78, 5) is 6.21. The molecule has 0 aliphatic carbocycles. The number of aryl methyl sites for hydroxylation is 1. The maximum atomic E-state index is 13.9. The van der Waals surface area contributed by atoms with Crippen molar-refractivity contribution < 1.29 is 8.78 Å². The molecule has 0 N–H and O–H groups in total. The van der Waals surface area contributed by atoms with Crippen molar-refractivity contribution in [2.75, 3.05) is 11.4 Å². The molecule has 2 aromatic heterocycles. The summed E-state index contributed by atoms with van der Waals surface area (Å²) in [5.41, 5.74) is 3.66. The standard InChI is InChI=1S/C19H14F2N4/c1-24-11-17-15(18(24)9-22)6-7-25(14-4-2-12(20)3-5-14)19-16(17)8-13(21)10-23-19/h2-5,8,10-11H,6-7H2,1H3. The SMILES string of the molecule is Cn1cc2c(c1C#N)CCN(c1ccc(F)cc1)c1ncc(F)cc1-2. The summed E-state index contributed by atoms with van der Waals surface area (Å²) in [6.45, 7) is 0.558. The van der Waals surface area contributed by atoms with E-state index in [4.69, 9.17) is 0 Å². The molecule has 1 aliphatic heterocycles. The number of rotatable bonds is 1. The lowest BCUT2D eigenvalue weighted by Crippen LogP contribution is -2.20. The molecule has 0 spiro atoms. The molecule has 124 valence electrons. The monoisotopic (exact) mass is 336 g/mol. The zero-order valence-electron chi connectivity index (χ0n) is 13.5. The minimum absolute atomic E-state index is 0.318. The number of nitriles is 1. The first-order valence-electron chi connectivity index (χ1n) is 7.86. The van der Waals surface area contributed by atoms with Gasteiger partial charge in [-0.25, -0.2) is 13.8 Å². The van der Waals surface area contributed by atoms with Gasteiger partial charge in [-0.3, -0.25) is 0 Å². The van der Waals surface area contributed by atoms with Crippen LogP contribution in [0.2, 0.25) is 0 Å². The molecule has 25 heavy (non-hydrogen) atoms. The van der Waals surface area contributed by atoms with E-state index in [-0.39, 0.29) is 5.82 Å². The van der Waals surface area contributed by atoms with Gasteiger partial charge in [-0.15, -0.1) is 0 Å². The van der Waals surface area contributed by atoms with Crippen LogP contribution in [-0.2, 0) is 13.5 Å². The topological polar surface area (TPSA) is 44.9 Å². The van der Waals surface area contributed by atoms with Crippen LogP contribution in [0.1, 0.15) is 11.3 Å². The molecule has 4 rings (SSSR count). The Bertz CT molecular complexity index is 999. The normalized spacial score (nSPS) is 13.0. The Morgan fingerprint density at radius 3 is 2.60 bits per heavy atom. The highest BCUT2D eigenvalue weighted by Crippen LogP contribution is 2.40. The molecule has 0 saturated carbocycles. The van der Waals surface area contributed by atoms with Gasteiger partial charge in [-0.2, -0.15) is 5.26 Å². The van der Waals surface area contributed by atoms with Crippen LogP contribution in [0.3, 0.4) is 0 Å². The van der Waals surface area contributed by atoms with E-state index in [9.17, 15) is 14.0 Å². The van der Waals surface area contributed by atoms with Crippen molar-refractivity contribution in [1.82, 2.24) is 9.55 Å². The Kier molecular flexibility index (Phi) is 3.50. The van der Waals surface area contributed by atoms with E-state index in [1.54, 1.807) is 23.7 Å². The lowest BCUT2D eigenvalue weighted by molar-refractivity contribution is 0.622. The first-order chi connectivity index (χ1) is 12.1. The van der Waals surface area contributed by atoms with Crippen LogP contribution in [0, 0.1) is 23.0 Å². The fourth-order valence-electron chi connectivity index (χ4n) is 3.36. The van der Waals surface area contributed by atoms with Crippen LogP contribution in [-0.4, -0.2) is 16.1 Å². The zero-order chi connectivity index (χ0) is 17.6. The number of anilines is 2. The number of halogens is 2. The third-order valence-corrected chi connectivity index (χ3v) is 4.50. The summed E-state index contributed by atoms with van der Waals surface area (Å²) >= 11 is 0. The number of fused-ring (bicyclic) bond motifs is 3. The molecule has 1 aliphatic rings. The molecule has 0 saturated heterocycles. The van der Waals surface area contributed by atoms with Crippen LogP contribution in [0.5, 0.6) is 0 Å². The molecule has 0 atom stereocenters. The largest absolute Gasteiger partial charge is 0.342 e. The molecular weight excluding hydrogens is 322 g/mol. The van der Waals surface area contributed by atoms with E-state index in [1.165, 1.54) is 24.4 Å². The molecule has 0 radical (unpaired) electrons. The van der Waals surface area contributed by atoms with Crippen LogP contribution in [0.4, 0.5) is 20.3 Å². The Hall–Kier alpha value is -3.20. The molecule has 3 heterocycles. The maximum Gasteiger partial charge on any atom is 0.142 e. The van der Waals surface area contributed by atoms with Crippen LogP contribution >= 0.6 is 0 Å².